The molecule has 2 N–H and O–H groups in total. The molecular formula is C16H20N4O. The molecule has 1 atom stereocenters. The van der Waals surface area contributed by atoms with Crippen LogP contribution in [0.1, 0.15) is 32.4 Å². The maximum atomic E-state index is 11.6. The molecule has 0 saturated heterocycles. The number of nitrogens with one attached hydrogen (secondary N) is 2. The molecule has 0 radical (unpaired) electrons. The number of anilines is 2. The number of hydrogen-bond acceptors (Lipinski definition) is 4. The number of carbonyl (C=O) groups excluding carboxylic acids is 1. The van der Waals surface area contributed by atoms with Gasteiger partial charge in [0.25, 0.3) is 0 Å². The van der Waals surface area contributed by atoms with E-state index in [-0.39, 0.29) is 17.9 Å². The van der Waals surface area contributed by atoms with Crippen LogP contribution >= 0.6 is 0 Å². The molecule has 1 aromatic heterocycles. The van der Waals surface area contributed by atoms with Gasteiger partial charge in [0.15, 0.2) is 5.82 Å². The lowest BCUT2D eigenvalue weighted by molar-refractivity contribution is -0.118. The van der Waals surface area contributed by atoms with Gasteiger partial charge in [0.2, 0.25) is 5.91 Å². The second-order valence-corrected chi connectivity index (χ2v) is 5.22. The number of hydrogen-bond donors (Lipinski definition) is 2. The van der Waals surface area contributed by atoms with Crippen LogP contribution in [0, 0.1) is 5.92 Å². The van der Waals surface area contributed by atoms with Crippen molar-refractivity contribution in [2.75, 3.05) is 10.6 Å². The number of amides is 1. The van der Waals surface area contributed by atoms with E-state index in [1.165, 1.54) is 5.56 Å². The van der Waals surface area contributed by atoms with Gasteiger partial charge in [0, 0.05) is 12.0 Å². The Morgan fingerprint density at radius 3 is 2.14 bits per heavy atom. The van der Waals surface area contributed by atoms with Crippen LogP contribution in [0.4, 0.5) is 11.6 Å². The highest BCUT2D eigenvalue weighted by molar-refractivity contribution is 5.91. The minimum absolute atomic E-state index is 0.0670. The van der Waals surface area contributed by atoms with E-state index in [4.69, 9.17) is 0 Å². The van der Waals surface area contributed by atoms with E-state index in [9.17, 15) is 4.79 Å². The quantitative estimate of drug-likeness (QED) is 0.884. The minimum Gasteiger partial charge on any atom is -0.362 e. The van der Waals surface area contributed by atoms with Crippen LogP contribution in [0.5, 0.6) is 0 Å². The molecule has 5 nitrogen and oxygen atoms in total. The Kier molecular flexibility index (Phi) is 4.87. The van der Waals surface area contributed by atoms with Gasteiger partial charge in [-0.25, -0.2) is 0 Å². The van der Waals surface area contributed by atoms with Gasteiger partial charge in [-0.2, -0.15) is 0 Å². The van der Waals surface area contributed by atoms with Crippen molar-refractivity contribution in [3.8, 4) is 0 Å². The van der Waals surface area contributed by atoms with Gasteiger partial charge < -0.3 is 10.6 Å². The third kappa shape index (κ3) is 4.27. The highest BCUT2D eigenvalue weighted by atomic mass is 16.1. The fourth-order valence-electron chi connectivity index (χ4n) is 1.79. The first kappa shape index (κ1) is 15.0. The molecule has 0 aliphatic heterocycles. The minimum atomic E-state index is -0.0808. The summed E-state index contributed by atoms with van der Waals surface area (Å²) in [7, 11) is 0. The molecule has 0 aliphatic rings. The van der Waals surface area contributed by atoms with Crippen LogP contribution in [0.2, 0.25) is 0 Å². The number of nitrogens with zero attached hydrogens (tertiary/aromatic N) is 2. The predicted molar refractivity (Wildman–Crippen MR) is 84.0 cm³/mol. The zero-order valence-electron chi connectivity index (χ0n) is 12.5. The summed E-state index contributed by atoms with van der Waals surface area (Å²) in [6, 6.07) is 13.8. The standard InChI is InChI=1S/C16H20N4O/c1-11(2)16(21)18-15-10-9-14(19-20-15)17-12(3)13-7-5-4-6-8-13/h4-12H,1-3H3,(H,17,19)(H,18,20,21). The van der Waals surface area contributed by atoms with E-state index < -0.39 is 0 Å². The van der Waals surface area contributed by atoms with Gasteiger partial charge in [0.05, 0.1) is 0 Å². The topological polar surface area (TPSA) is 66.9 Å². The van der Waals surface area contributed by atoms with Crippen molar-refractivity contribution in [1.29, 1.82) is 0 Å². The fourth-order valence-corrected chi connectivity index (χ4v) is 1.79. The van der Waals surface area contributed by atoms with Gasteiger partial charge in [-0.3, -0.25) is 4.79 Å². The first-order valence-corrected chi connectivity index (χ1v) is 7.02. The Morgan fingerprint density at radius 2 is 1.57 bits per heavy atom. The molecule has 21 heavy (non-hydrogen) atoms. The summed E-state index contributed by atoms with van der Waals surface area (Å²) < 4.78 is 0. The molecule has 1 heterocycles. The van der Waals surface area contributed by atoms with Gasteiger partial charge >= 0.3 is 0 Å². The number of benzene rings is 1. The van der Waals surface area contributed by atoms with Crippen molar-refractivity contribution in [2.24, 2.45) is 5.92 Å². The Hall–Kier alpha value is -2.43. The molecule has 2 aromatic rings. The van der Waals surface area contributed by atoms with Crippen molar-refractivity contribution in [1.82, 2.24) is 10.2 Å². The molecule has 0 aliphatic carbocycles. The first-order valence-electron chi connectivity index (χ1n) is 7.02. The van der Waals surface area contributed by atoms with Gasteiger partial charge in [-0.1, -0.05) is 44.2 Å². The molecule has 110 valence electrons. The summed E-state index contributed by atoms with van der Waals surface area (Å²) in [6.07, 6.45) is 0. The Labute approximate surface area is 124 Å². The van der Waals surface area contributed by atoms with E-state index in [2.05, 4.69) is 39.9 Å². The van der Waals surface area contributed by atoms with Crippen LogP contribution in [0.25, 0.3) is 0 Å². The molecule has 1 amide bonds. The summed E-state index contributed by atoms with van der Waals surface area (Å²) in [5.41, 5.74) is 1.18. The highest BCUT2D eigenvalue weighted by Gasteiger charge is 2.09. The maximum absolute atomic E-state index is 11.6. The zero-order chi connectivity index (χ0) is 15.2. The summed E-state index contributed by atoms with van der Waals surface area (Å²) in [4.78, 5) is 11.6. The van der Waals surface area contributed by atoms with Crippen LogP contribution in [-0.4, -0.2) is 16.1 Å². The summed E-state index contributed by atoms with van der Waals surface area (Å²) in [5, 5.41) is 14.1. The van der Waals surface area contributed by atoms with Crippen LogP contribution < -0.4 is 10.6 Å². The lowest BCUT2D eigenvalue weighted by Gasteiger charge is -2.14. The van der Waals surface area contributed by atoms with Gasteiger partial charge in [0.1, 0.15) is 5.82 Å². The Bertz CT molecular complexity index is 581. The van der Waals surface area contributed by atoms with Crippen molar-refractivity contribution in [3.05, 3.63) is 48.0 Å². The predicted octanol–water partition coefficient (Wildman–Crippen LogP) is 3.24. The Morgan fingerprint density at radius 1 is 0.952 bits per heavy atom. The fraction of sp³-hybridized carbons (Fsp3) is 0.312. The van der Waals surface area contributed by atoms with Crippen molar-refractivity contribution < 1.29 is 4.79 Å². The zero-order valence-corrected chi connectivity index (χ0v) is 12.5. The molecule has 1 unspecified atom stereocenters. The van der Waals surface area contributed by atoms with Crippen molar-refractivity contribution >= 4 is 17.5 Å². The van der Waals surface area contributed by atoms with E-state index in [1.807, 2.05) is 38.1 Å². The smallest absolute Gasteiger partial charge is 0.228 e. The summed E-state index contributed by atoms with van der Waals surface area (Å²) >= 11 is 0. The molecule has 5 heteroatoms. The van der Waals surface area contributed by atoms with Crippen LogP contribution in [-0.2, 0) is 4.79 Å². The van der Waals surface area contributed by atoms with Crippen LogP contribution in [0.3, 0.4) is 0 Å². The maximum Gasteiger partial charge on any atom is 0.228 e. The SMILES string of the molecule is CC(C)C(=O)Nc1ccc(NC(C)c2ccccc2)nn1. The molecule has 0 fully saturated rings. The van der Waals surface area contributed by atoms with E-state index >= 15 is 0 Å². The molecule has 1 aromatic carbocycles. The first-order chi connectivity index (χ1) is 10.1. The van der Waals surface area contributed by atoms with Crippen LogP contribution in [0.15, 0.2) is 42.5 Å². The lowest BCUT2D eigenvalue weighted by atomic mass is 10.1. The number of rotatable bonds is 5. The average Bonchev–Trinajstić information content (AvgIpc) is 2.50. The van der Waals surface area contributed by atoms with Gasteiger partial charge in [-0.05, 0) is 24.6 Å². The number of aromatic nitrogens is 2. The third-order valence-corrected chi connectivity index (χ3v) is 3.10. The molecule has 0 bridgehead atoms. The number of carbonyl (C=O) groups is 1. The summed E-state index contributed by atoms with van der Waals surface area (Å²) in [6.45, 7) is 5.73. The van der Waals surface area contributed by atoms with Gasteiger partial charge in [-0.15, -0.1) is 10.2 Å². The second kappa shape index (κ2) is 6.83. The molecule has 0 saturated carbocycles. The lowest BCUT2D eigenvalue weighted by Crippen LogP contribution is -2.19. The normalized spacial score (nSPS) is 12.0. The third-order valence-electron chi connectivity index (χ3n) is 3.10. The molecular weight excluding hydrogens is 264 g/mol. The van der Waals surface area contributed by atoms with Crippen molar-refractivity contribution in [3.63, 3.8) is 0 Å². The summed E-state index contributed by atoms with van der Waals surface area (Å²) in [5.74, 6) is 0.992. The molecule has 0 spiro atoms. The largest absolute Gasteiger partial charge is 0.362 e. The highest BCUT2D eigenvalue weighted by Crippen LogP contribution is 2.17. The van der Waals surface area contributed by atoms with E-state index in [0.29, 0.717) is 11.6 Å². The monoisotopic (exact) mass is 284 g/mol. The van der Waals surface area contributed by atoms with Crippen molar-refractivity contribution in [2.45, 2.75) is 26.8 Å². The molecule has 2 rings (SSSR count). The Balaban J connectivity index is 1.98. The van der Waals surface area contributed by atoms with E-state index in [1.54, 1.807) is 6.07 Å². The van der Waals surface area contributed by atoms with E-state index in [0.717, 1.165) is 0 Å². The average molecular weight is 284 g/mol. The second-order valence-electron chi connectivity index (χ2n) is 5.22.